The normalized spacial score (nSPS) is 22.0. The van der Waals surface area contributed by atoms with E-state index in [1.54, 1.807) is 6.08 Å². The van der Waals surface area contributed by atoms with E-state index < -0.39 is 9.84 Å². The second kappa shape index (κ2) is 6.53. The van der Waals surface area contributed by atoms with Crippen molar-refractivity contribution in [2.75, 3.05) is 6.26 Å². The fourth-order valence-electron chi connectivity index (χ4n) is 2.31. The molecule has 18 heavy (non-hydrogen) atoms. The highest BCUT2D eigenvalue weighted by Crippen LogP contribution is 2.32. The third-order valence-electron chi connectivity index (χ3n) is 3.66. The minimum Gasteiger partial charge on any atom is -0.324 e. The molecule has 104 valence electrons. The summed E-state index contributed by atoms with van der Waals surface area (Å²) in [6.45, 7) is 3.84. The molecule has 0 aromatic carbocycles. The van der Waals surface area contributed by atoms with Crippen molar-refractivity contribution in [1.82, 2.24) is 0 Å². The maximum Gasteiger partial charge on any atom is 0.171 e. The smallest absolute Gasteiger partial charge is 0.171 e. The van der Waals surface area contributed by atoms with Gasteiger partial charge in [-0.3, -0.25) is 0 Å². The van der Waals surface area contributed by atoms with Crippen molar-refractivity contribution in [1.29, 1.82) is 0 Å². The number of sulfone groups is 1. The molecule has 1 atom stereocenters. The molecule has 1 unspecified atom stereocenters. The van der Waals surface area contributed by atoms with Gasteiger partial charge in [-0.15, -0.1) is 0 Å². The lowest BCUT2D eigenvalue weighted by atomic mass is 9.88. The van der Waals surface area contributed by atoms with Gasteiger partial charge in [0.25, 0.3) is 0 Å². The average molecular weight is 271 g/mol. The summed E-state index contributed by atoms with van der Waals surface area (Å²) in [6, 6.07) is -0.0339. The number of hydrogen-bond donors (Lipinski definition) is 1. The van der Waals surface area contributed by atoms with Gasteiger partial charge < -0.3 is 5.73 Å². The van der Waals surface area contributed by atoms with Gasteiger partial charge in [0.1, 0.15) is 0 Å². The molecule has 0 spiro atoms. The molecule has 3 nitrogen and oxygen atoms in total. The minimum absolute atomic E-state index is 0.0339. The van der Waals surface area contributed by atoms with Gasteiger partial charge in [-0.25, -0.2) is 8.42 Å². The van der Waals surface area contributed by atoms with Crippen LogP contribution in [-0.2, 0) is 9.84 Å². The molecule has 0 aromatic heterocycles. The van der Waals surface area contributed by atoms with Gasteiger partial charge >= 0.3 is 0 Å². The maximum absolute atomic E-state index is 11.9. The summed E-state index contributed by atoms with van der Waals surface area (Å²) in [5, 5.41) is 0. The lowest BCUT2D eigenvalue weighted by Crippen LogP contribution is -2.17. The van der Waals surface area contributed by atoms with Crippen molar-refractivity contribution in [2.24, 2.45) is 11.7 Å². The molecule has 0 saturated heterocycles. The highest BCUT2D eigenvalue weighted by Gasteiger charge is 2.24. The standard InChI is InChI=1S/C14H25NO2S/c1-11(12(2)15)9-10-14(18(3,16)17)13-7-5-4-6-8-13/h9-10,12-13H,4-8,15H2,1-3H3/b11-9+,14-10+. The van der Waals surface area contributed by atoms with Gasteiger partial charge in [0.2, 0.25) is 0 Å². The van der Waals surface area contributed by atoms with E-state index in [0.717, 1.165) is 31.3 Å². The van der Waals surface area contributed by atoms with Crippen LogP contribution in [0.5, 0.6) is 0 Å². The molecule has 0 radical (unpaired) electrons. The van der Waals surface area contributed by atoms with Crippen LogP contribution in [0.2, 0.25) is 0 Å². The van der Waals surface area contributed by atoms with Crippen LogP contribution >= 0.6 is 0 Å². The Hall–Kier alpha value is -0.610. The molecule has 4 heteroatoms. The van der Waals surface area contributed by atoms with Crippen molar-refractivity contribution in [2.45, 2.75) is 52.0 Å². The molecule has 0 aliphatic heterocycles. The molecule has 1 fully saturated rings. The van der Waals surface area contributed by atoms with E-state index >= 15 is 0 Å². The summed E-state index contributed by atoms with van der Waals surface area (Å²) in [5.41, 5.74) is 6.77. The fraction of sp³-hybridized carbons (Fsp3) is 0.714. The van der Waals surface area contributed by atoms with Crippen LogP contribution in [-0.4, -0.2) is 20.7 Å². The van der Waals surface area contributed by atoms with E-state index in [4.69, 9.17) is 5.73 Å². The predicted molar refractivity (Wildman–Crippen MR) is 76.9 cm³/mol. The Morgan fingerprint density at radius 1 is 1.22 bits per heavy atom. The van der Waals surface area contributed by atoms with E-state index in [9.17, 15) is 8.42 Å². The zero-order valence-electron chi connectivity index (χ0n) is 11.6. The zero-order valence-corrected chi connectivity index (χ0v) is 12.5. The van der Waals surface area contributed by atoms with Crippen LogP contribution in [0.3, 0.4) is 0 Å². The summed E-state index contributed by atoms with van der Waals surface area (Å²) >= 11 is 0. The molecule has 0 amide bonds. The van der Waals surface area contributed by atoms with Crippen molar-refractivity contribution >= 4 is 9.84 Å². The lowest BCUT2D eigenvalue weighted by Gasteiger charge is -2.23. The highest BCUT2D eigenvalue weighted by molar-refractivity contribution is 7.94. The summed E-state index contributed by atoms with van der Waals surface area (Å²) in [5.74, 6) is 0.200. The van der Waals surface area contributed by atoms with Crippen LogP contribution in [0.1, 0.15) is 46.0 Å². The Bertz CT molecular complexity index is 427. The van der Waals surface area contributed by atoms with E-state index in [0.29, 0.717) is 4.91 Å². The van der Waals surface area contributed by atoms with Crippen molar-refractivity contribution in [3.63, 3.8) is 0 Å². The molecular formula is C14H25NO2S. The van der Waals surface area contributed by atoms with Crippen LogP contribution in [0, 0.1) is 5.92 Å². The molecule has 2 N–H and O–H groups in total. The number of rotatable bonds is 4. The summed E-state index contributed by atoms with van der Waals surface area (Å²) in [6.07, 6.45) is 10.4. The Kier molecular flexibility index (Phi) is 5.60. The topological polar surface area (TPSA) is 60.2 Å². The van der Waals surface area contributed by atoms with E-state index in [1.165, 1.54) is 12.7 Å². The molecule has 1 aliphatic rings. The van der Waals surface area contributed by atoms with E-state index in [-0.39, 0.29) is 12.0 Å². The average Bonchev–Trinajstić information content (AvgIpc) is 2.28. The molecule has 0 bridgehead atoms. The SMILES string of the molecule is C/C(=C\C=C(/C1CCCCC1)S(C)(=O)=O)C(C)N. The molecule has 1 aliphatic carbocycles. The third kappa shape index (κ3) is 4.58. The first-order valence-corrected chi connectivity index (χ1v) is 8.55. The number of hydrogen-bond acceptors (Lipinski definition) is 3. The summed E-state index contributed by atoms with van der Waals surface area (Å²) in [7, 11) is -3.11. The Morgan fingerprint density at radius 2 is 1.78 bits per heavy atom. The fourth-order valence-corrected chi connectivity index (χ4v) is 3.47. The zero-order chi connectivity index (χ0) is 13.8. The van der Waals surface area contributed by atoms with Gasteiger partial charge in [0.15, 0.2) is 9.84 Å². The molecule has 0 aromatic rings. The van der Waals surface area contributed by atoms with Gasteiger partial charge in [0.05, 0.1) is 0 Å². The van der Waals surface area contributed by atoms with Crippen molar-refractivity contribution in [3.05, 3.63) is 22.6 Å². The summed E-state index contributed by atoms with van der Waals surface area (Å²) in [4.78, 5) is 0.585. The van der Waals surface area contributed by atoms with Gasteiger partial charge in [-0.2, -0.15) is 0 Å². The van der Waals surface area contributed by atoms with Gasteiger partial charge in [-0.1, -0.05) is 30.9 Å². The first-order chi connectivity index (χ1) is 8.32. The maximum atomic E-state index is 11.9. The van der Waals surface area contributed by atoms with Crippen LogP contribution < -0.4 is 5.73 Å². The monoisotopic (exact) mass is 271 g/mol. The van der Waals surface area contributed by atoms with Crippen LogP contribution in [0.4, 0.5) is 0 Å². The largest absolute Gasteiger partial charge is 0.324 e. The second-order valence-electron chi connectivity index (χ2n) is 5.38. The third-order valence-corrected chi connectivity index (χ3v) is 4.99. The van der Waals surface area contributed by atoms with E-state index in [1.807, 2.05) is 19.9 Å². The minimum atomic E-state index is -3.11. The predicted octanol–water partition coefficient (Wildman–Crippen LogP) is 2.79. The first kappa shape index (κ1) is 15.4. The summed E-state index contributed by atoms with van der Waals surface area (Å²) < 4.78 is 23.8. The molecule has 1 rings (SSSR count). The van der Waals surface area contributed by atoms with Crippen LogP contribution in [0.15, 0.2) is 22.6 Å². The molecule has 1 saturated carbocycles. The number of nitrogens with two attached hydrogens (primary N) is 1. The Morgan fingerprint density at radius 3 is 2.22 bits per heavy atom. The van der Waals surface area contributed by atoms with Crippen LogP contribution in [0.25, 0.3) is 0 Å². The number of allylic oxidation sites excluding steroid dienone is 3. The van der Waals surface area contributed by atoms with Crippen molar-refractivity contribution < 1.29 is 8.42 Å². The Labute approximate surface area is 111 Å². The van der Waals surface area contributed by atoms with Crippen molar-refractivity contribution in [3.8, 4) is 0 Å². The highest BCUT2D eigenvalue weighted by atomic mass is 32.2. The second-order valence-corrected chi connectivity index (χ2v) is 7.39. The quantitative estimate of drug-likeness (QED) is 0.800. The first-order valence-electron chi connectivity index (χ1n) is 6.66. The van der Waals surface area contributed by atoms with Gasteiger partial charge in [-0.05, 0) is 38.7 Å². The van der Waals surface area contributed by atoms with Gasteiger partial charge in [0, 0.05) is 17.2 Å². The molecule has 0 heterocycles. The Balaban J connectivity index is 2.99. The van der Waals surface area contributed by atoms with E-state index in [2.05, 4.69) is 0 Å². The lowest BCUT2D eigenvalue weighted by molar-refractivity contribution is 0.411. The molecular weight excluding hydrogens is 246 g/mol.